The van der Waals surface area contributed by atoms with Gasteiger partial charge in [-0.25, -0.2) is 4.79 Å². The maximum atomic E-state index is 12.0. The van der Waals surface area contributed by atoms with E-state index in [1.165, 1.54) is 18.7 Å². The van der Waals surface area contributed by atoms with E-state index in [0.717, 1.165) is 10.1 Å². The molecule has 1 atom stereocenters. The molecular weight excluding hydrogens is 280 g/mol. The molecule has 2 rings (SSSR count). The van der Waals surface area contributed by atoms with E-state index in [-0.39, 0.29) is 17.3 Å². The zero-order chi connectivity index (χ0) is 16.3. The van der Waals surface area contributed by atoms with E-state index >= 15 is 0 Å². The second-order valence-electron chi connectivity index (χ2n) is 5.23. The standard InChI is InChI=1S/C16H18N4O2/c1-11(12-7-5-4-6-8-12)10-18-14-13(9-17)15(21)20(3)16(22)19(14)2/h4-8,11,18H,10H2,1-3H3/t11-/m1/s1. The van der Waals surface area contributed by atoms with Gasteiger partial charge in [-0.15, -0.1) is 0 Å². The van der Waals surface area contributed by atoms with Crippen molar-refractivity contribution in [3.05, 3.63) is 62.3 Å². The van der Waals surface area contributed by atoms with E-state index in [4.69, 9.17) is 0 Å². The van der Waals surface area contributed by atoms with Crippen LogP contribution in [0.25, 0.3) is 0 Å². The molecule has 6 heteroatoms. The van der Waals surface area contributed by atoms with Crippen molar-refractivity contribution in [2.45, 2.75) is 12.8 Å². The van der Waals surface area contributed by atoms with E-state index in [2.05, 4.69) is 5.32 Å². The Morgan fingerprint density at radius 2 is 1.82 bits per heavy atom. The Kier molecular flexibility index (Phi) is 4.47. The van der Waals surface area contributed by atoms with Crippen molar-refractivity contribution in [1.29, 1.82) is 5.26 Å². The molecule has 114 valence electrons. The first kappa shape index (κ1) is 15.6. The molecule has 1 N–H and O–H groups in total. The third kappa shape index (κ3) is 2.79. The SMILES string of the molecule is C[C@H](CNc1c(C#N)c(=O)n(C)c(=O)n1C)c1ccccc1. The maximum absolute atomic E-state index is 12.0. The average Bonchev–Trinajstić information content (AvgIpc) is 2.55. The van der Waals surface area contributed by atoms with Crippen LogP contribution >= 0.6 is 0 Å². The summed E-state index contributed by atoms with van der Waals surface area (Å²) in [6.07, 6.45) is 0. The van der Waals surface area contributed by atoms with Gasteiger partial charge in [-0.05, 0) is 11.5 Å². The van der Waals surface area contributed by atoms with Crippen LogP contribution in [0, 0.1) is 11.3 Å². The van der Waals surface area contributed by atoms with Crippen LogP contribution in [0.1, 0.15) is 24.0 Å². The summed E-state index contributed by atoms with van der Waals surface area (Å²) in [5.41, 5.74) is 0.0477. The normalized spacial score (nSPS) is 11.7. The summed E-state index contributed by atoms with van der Waals surface area (Å²) < 4.78 is 2.22. The fraction of sp³-hybridized carbons (Fsp3) is 0.312. The van der Waals surface area contributed by atoms with Crippen molar-refractivity contribution in [3.63, 3.8) is 0 Å². The molecule has 0 aliphatic rings. The molecule has 22 heavy (non-hydrogen) atoms. The van der Waals surface area contributed by atoms with E-state index in [9.17, 15) is 14.9 Å². The molecule has 1 aromatic heterocycles. The molecule has 1 heterocycles. The fourth-order valence-electron chi connectivity index (χ4n) is 2.30. The van der Waals surface area contributed by atoms with Gasteiger partial charge in [0.05, 0.1) is 0 Å². The van der Waals surface area contributed by atoms with Crippen molar-refractivity contribution >= 4 is 5.82 Å². The molecule has 2 aromatic rings. The van der Waals surface area contributed by atoms with Crippen molar-refractivity contribution < 1.29 is 0 Å². The number of hydrogen-bond donors (Lipinski definition) is 1. The summed E-state index contributed by atoms with van der Waals surface area (Å²) in [7, 11) is 2.90. The summed E-state index contributed by atoms with van der Waals surface area (Å²) in [6.45, 7) is 2.55. The molecule has 0 saturated heterocycles. The van der Waals surface area contributed by atoms with Crippen LogP contribution in [0.15, 0.2) is 39.9 Å². The van der Waals surface area contributed by atoms with Gasteiger partial charge in [-0.3, -0.25) is 13.9 Å². The summed E-state index contributed by atoms with van der Waals surface area (Å²) in [5, 5.41) is 12.3. The lowest BCUT2D eigenvalue weighted by Crippen LogP contribution is -2.40. The van der Waals surface area contributed by atoms with Gasteiger partial charge >= 0.3 is 5.69 Å². The minimum absolute atomic E-state index is 0.0511. The molecule has 0 aliphatic carbocycles. The van der Waals surface area contributed by atoms with Gasteiger partial charge < -0.3 is 5.32 Å². The molecule has 0 aliphatic heterocycles. The number of aromatic nitrogens is 2. The highest BCUT2D eigenvalue weighted by Crippen LogP contribution is 2.16. The average molecular weight is 298 g/mol. The molecular formula is C16H18N4O2. The number of rotatable bonds is 4. The van der Waals surface area contributed by atoms with Crippen LogP contribution in [-0.4, -0.2) is 15.7 Å². The minimum atomic E-state index is -0.583. The Balaban J connectivity index is 2.33. The van der Waals surface area contributed by atoms with Gasteiger partial charge in [0.2, 0.25) is 0 Å². The summed E-state index contributed by atoms with van der Waals surface area (Å²) in [4.78, 5) is 24.0. The van der Waals surface area contributed by atoms with Crippen molar-refractivity contribution in [2.75, 3.05) is 11.9 Å². The van der Waals surface area contributed by atoms with Crippen LogP contribution in [0.2, 0.25) is 0 Å². The van der Waals surface area contributed by atoms with Gasteiger partial charge in [0.15, 0.2) is 5.56 Å². The third-order valence-electron chi connectivity index (χ3n) is 3.72. The van der Waals surface area contributed by atoms with E-state index in [0.29, 0.717) is 6.54 Å². The largest absolute Gasteiger partial charge is 0.369 e. The molecule has 0 radical (unpaired) electrons. The van der Waals surface area contributed by atoms with Crippen LogP contribution in [0.4, 0.5) is 5.82 Å². The van der Waals surface area contributed by atoms with Crippen molar-refractivity contribution in [2.24, 2.45) is 14.1 Å². The van der Waals surface area contributed by atoms with E-state index < -0.39 is 11.2 Å². The highest BCUT2D eigenvalue weighted by Gasteiger charge is 2.16. The van der Waals surface area contributed by atoms with E-state index in [1.54, 1.807) is 0 Å². The predicted molar refractivity (Wildman–Crippen MR) is 85.0 cm³/mol. The molecule has 0 saturated carbocycles. The van der Waals surface area contributed by atoms with Gasteiger partial charge in [0, 0.05) is 20.6 Å². The maximum Gasteiger partial charge on any atom is 0.332 e. The molecule has 0 amide bonds. The Morgan fingerprint density at radius 1 is 1.18 bits per heavy atom. The highest BCUT2D eigenvalue weighted by atomic mass is 16.2. The zero-order valence-corrected chi connectivity index (χ0v) is 12.8. The minimum Gasteiger partial charge on any atom is -0.369 e. The highest BCUT2D eigenvalue weighted by molar-refractivity contribution is 5.51. The van der Waals surface area contributed by atoms with E-state index in [1.807, 2.05) is 43.3 Å². The first-order valence-electron chi connectivity index (χ1n) is 6.96. The smallest absolute Gasteiger partial charge is 0.332 e. The fourth-order valence-corrected chi connectivity index (χ4v) is 2.30. The number of benzene rings is 1. The Morgan fingerprint density at radius 3 is 2.41 bits per heavy atom. The number of nitrogens with zero attached hydrogens (tertiary/aromatic N) is 3. The molecule has 0 spiro atoms. The summed E-state index contributed by atoms with van der Waals surface area (Å²) in [5.74, 6) is 0.435. The summed E-state index contributed by atoms with van der Waals surface area (Å²) in [6, 6.07) is 11.8. The lowest BCUT2D eigenvalue weighted by atomic mass is 10.0. The van der Waals surface area contributed by atoms with Gasteiger partial charge in [-0.1, -0.05) is 37.3 Å². The third-order valence-corrected chi connectivity index (χ3v) is 3.72. The van der Waals surface area contributed by atoms with Crippen LogP contribution in [0.3, 0.4) is 0 Å². The lowest BCUT2D eigenvalue weighted by molar-refractivity contribution is 0.680. The van der Waals surface area contributed by atoms with Crippen LogP contribution in [-0.2, 0) is 14.1 Å². The second kappa shape index (κ2) is 6.31. The molecule has 0 unspecified atom stereocenters. The van der Waals surface area contributed by atoms with Crippen molar-refractivity contribution in [3.8, 4) is 6.07 Å². The zero-order valence-electron chi connectivity index (χ0n) is 12.8. The molecule has 6 nitrogen and oxygen atoms in total. The molecule has 1 aromatic carbocycles. The Bertz CT molecular complexity index is 828. The topological polar surface area (TPSA) is 79.8 Å². The number of hydrogen-bond acceptors (Lipinski definition) is 4. The van der Waals surface area contributed by atoms with Gasteiger partial charge in [-0.2, -0.15) is 5.26 Å². The quantitative estimate of drug-likeness (QED) is 0.919. The first-order valence-corrected chi connectivity index (χ1v) is 6.96. The Labute approximate surface area is 128 Å². The van der Waals surface area contributed by atoms with Gasteiger partial charge in [0.1, 0.15) is 11.9 Å². The van der Waals surface area contributed by atoms with Crippen molar-refractivity contribution in [1.82, 2.24) is 9.13 Å². The second-order valence-corrected chi connectivity index (χ2v) is 5.23. The van der Waals surface area contributed by atoms with Crippen LogP contribution < -0.4 is 16.6 Å². The molecule has 0 bridgehead atoms. The lowest BCUT2D eigenvalue weighted by Gasteiger charge is -2.17. The number of anilines is 1. The monoisotopic (exact) mass is 298 g/mol. The Hall–Kier alpha value is -2.81. The summed E-state index contributed by atoms with van der Waals surface area (Å²) >= 11 is 0. The number of nitriles is 1. The van der Waals surface area contributed by atoms with Crippen LogP contribution in [0.5, 0.6) is 0 Å². The first-order chi connectivity index (χ1) is 10.5. The predicted octanol–water partition coefficient (Wildman–Crippen LogP) is 1.17. The molecule has 0 fully saturated rings. The van der Waals surface area contributed by atoms with Gasteiger partial charge in [0.25, 0.3) is 5.56 Å². The number of nitrogens with one attached hydrogen (secondary N) is 1.